The number of fused-ring (bicyclic) bond motifs is 1. The summed E-state index contributed by atoms with van der Waals surface area (Å²) in [6.45, 7) is 5.88. The zero-order chi connectivity index (χ0) is 25.8. The Balaban J connectivity index is 1.80. The minimum absolute atomic E-state index is 0.00895. The molecule has 0 radical (unpaired) electrons. The van der Waals surface area contributed by atoms with Crippen molar-refractivity contribution in [1.82, 2.24) is 4.90 Å². The van der Waals surface area contributed by atoms with Crippen molar-refractivity contribution < 1.29 is 23.9 Å². The van der Waals surface area contributed by atoms with E-state index in [9.17, 15) is 19.2 Å². The maximum Gasteiger partial charge on any atom is 0.335 e. The number of rotatable bonds is 5. The molecule has 7 nitrogen and oxygen atoms in total. The Labute approximate surface area is 210 Å². The third kappa shape index (κ3) is 3.45. The van der Waals surface area contributed by atoms with E-state index in [1.807, 2.05) is 24.3 Å². The number of anilines is 1. The smallest absolute Gasteiger partial charge is 0.335 e. The summed E-state index contributed by atoms with van der Waals surface area (Å²) in [6.07, 6.45) is 0.814. The molecule has 36 heavy (non-hydrogen) atoms. The van der Waals surface area contributed by atoms with Crippen molar-refractivity contribution in [3.63, 3.8) is 0 Å². The third-order valence-electron chi connectivity index (χ3n) is 8.05. The summed E-state index contributed by atoms with van der Waals surface area (Å²) in [5.74, 6) is -1.30. The minimum atomic E-state index is -0.792. The van der Waals surface area contributed by atoms with Crippen LogP contribution < -0.4 is 4.90 Å². The van der Waals surface area contributed by atoms with E-state index >= 15 is 0 Å². The highest BCUT2D eigenvalue weighted by Crippen LogP contribution is 2.62. The van der Waals surface area contributed by atoms with E-state index in [1.54, 1.807) is 24.0 Å². The fourth-order valence-corrected chi connectivity index (χ4v) is 6.65. The summed E-state index contributed by atoms with van der Waals surface area (Å²) < 4.78 is 5.17. The largest absolute Gasteiger partial charge is 0.466 e. The van der Waals surface area contributed by atoms with Crippen molar-refractivity contribution >= 4 is 29.1 Å². The molecule has 3 atom stereocenters. The monoisotopic (exact) mass is 486 g/mol. The van der Waals surface area contributed by atoms with Gasteiger partial charge in [0.15, 0.2) is 5.78 Å². The molecule has 0 aromatic heterocycles. The normalized spacial score (nSPS) is 24.7. The first-order valence-corrected chi connectivity index (χ1v) is 12.3. The molecule has 5 rings (SSSR count). The van der Waals surface area contributed by atoms with Crippen LogP contribution in [0, 0.1) is 5.92 Å². The molecule has 7 heteroatoms. The quantitative estimate of drug-likeness (QED) is 0.472. The average Bonchev–Trinajstić information content (AvgIpc) is 3.38. The van der Waals surface area contributed by atoms with Crippen molar-refractivity contribution in [2.45, 2.75) is 51.6 Å². The van der Waals surface area contributed by atoms with Gasteiger partial charge in [0.2, 0.25) is 5.91 Å². The van der Waals surface area contributed by atoms with Gasteiger partial charge in [-0.3, -0.25) is 24.2 Å². The molecule has 0 N–H and O–H groups in total. The Bertz CT molecular complexity index is 1310. The van der Waals surface area contributed by atoms with Gasteiger partial charge in [-0.25, -0.2) is 4.79 Å². The molecule has 2 aliphatic heterocycles. The number of hydrogen-bond acceptors (Lipinski definition) is 6. The van der Waals surface area contributed by atoms with Gasteiger partial charge in [-0.05, 0) is 56.0 Å². The van der Waals surface area contributed by atoms with Crippen LogP contribution in [0.2, 0.25) is 0 Å². The number of esters is 1. The number of hydrogen-bond donors (Lipinski definition) is 0. The summed E-state index contributed by atoms with van der Waals surface area (Å²) in [4.78, 5) is 55.7. The van der Waals surface area contributed by atoms with Gasteiger partial charge in [-0.2, -0.15) is 0 Å². The molecule has 1 aliphatic carbocycles. The fraction of sp³-hybridized carbons (Fsp3) is 0.379. The fourth-order valence-electron chi connectivity index (χ4n) is 6.65. The second-order valence-electron chi connectivity index (χ2n) is 10.0. The maximum atomic E-state index is 13.1. The molecular weight excluding hydrogens is 456 g/mol. The molecule has 3 aliphatic rings. The number of amides is 1. The van der Waals surface area contributed by atoms with Crippen LogP contribution in [0.3, 0.4) is 0 Å². The van der Waals surface area contributed by atoms with Gasteiger partial charge in [0, 0.05) is 43.2 Å². The molecular formula is C29H30N2O5. The number of carbonyl (C=O) groups is 4. The second kappa shape index (κ2) is 8.82. The lowest BCUT2D eigenvalue weighted by Crippen LogP contribution is -2.54. The summed E-state index contributed by atoms with van der Waals surface area (Å²) in [5, 5.41) is 0. The Hall–Kier alpha value is -3.58. The first-order chi connectivity index (χ1) is 17.2. The molecule has 1 amide bonds. The number of Topliss-reactive ketones (excluding diaryl/α,β-unsaturated/α-hetero) is 2. The molecule has 2 heterocycles. The van der Waals surface area contributed by atoms with Gasteiger partial charge in [0.25, 0.3) is 0 Å². The molecule has 186 valence electrons. The molecule has 1 saturated heterocycles. The van der Waals surface area contributed by atoms with Gasteiger partial charge >= 0.3 is 5.97 Å². The predicted octanol–water partition coefficient (Wildman–Crippen LogP) is 3.80. The van der Waals surface area contributed by atoms with Gasteiger partial charge < -0.3 is 4.74 Å². The van der Waals surface area contributed by atoms with Crippen LogP contribution in [-0.4, -0.2) is 48.0 Å². The van der Waals surface area contributed by atoms with Gasteiger partial charge in [-0.1, -0.05) is 30.3 Å². The van der Waals surface area contributed by atoms with Crippen LogP contribution in [0.4, 0.5) is 5.69 Å². The molecule has 0 bridgehead atoms. The molecule has 0 saturated carbocycles. The number of ketones is 2. The van der Waals surface area contributed by atoms with Crippen LogP contribution in [-0.2, 0) is 31.1 Å². The van der Waals surface area contributed by atoms with Crippen LogP contribution in [0.25, 0.3) is 0 Å². The number of nitrogens with zero attached hydrogens (tertiary/aromatic N) is 2. The highest BCUT2D eigenvalue weighted by Gasteiger charge is 2.64. The van der Waals surface area contributed by atoms with E-state index in [4.69, 9.17) is 4.74 Å². The summed E-state index contributed by atoms with van der Waals surface area (Å²) in [6, 6.07) is 15.2. The number of carbonyl (C=O) groups excluding carboxylic acids is 4. The third-order valence-corrected chi connectivity index (χ3v) is 8.05. The number of likely N-dealkylation sites (tertiary alicyclic amines) is 1. The Morgan fingerprint density at radius 2 is 1.75 bits per heavy atom. The predicted molar refractivity (Wildman–Crippen MR) is 134 cm³/mol. The maximum absolute atomic E-state index is 13.1. The zero-order valence-corrected chi connectivity index (χ0v) is 21.0. The summed E-state index contributed by atoms with van der Waals surface area (Å²) >= 11 is 0. The van der Waals surface area contributed by atoms with E-state index < -0.39 is 17.3 Å². The average molecular weight is 487 g/mol. The number of methoxy groups -OCH3 is 1. The van der Waals surface area contributed by atoms with Crippen molar-refractivity contribution in [3.8, 4) is 0 Å². The van der Waals surface area contributed by atoms with E-state index in [0.717, 1.165) is 11.1 Å². The summed E-state index contributed by atoms with van der Waals surface area (Å²) in [5.41, 5.74) is 3.34. The molecule has 1 unspecified atom stereocenters. The molecule has 2 aromatic rings. The first kappa shape index (κ1) is 24.1. The number of benzene rings is 2. The summed E-state index contributed by atoms with van der Waals surface area (Å²) in [7, 11) is 1.32. The van der Waals surface area contributed by atoms with E-state index in [2.05, 4.69) is 17.0 Å². The van der Waals surface area contributed by atoms with Crippen LogP contribution in [0.15, 0.2) is 59.8 Å². The van der Waals surface area contributed by atoms with Crippen LogP contribution in [0.5, 0.6) is 0 Å². The van der Waals surface area contributed by atoms with Crippen molar-refractivity contribution in [2.75, 3.05) is 18.6 Å². The van der Waals surface area contributed by atoms with Gasteiger partial charge in [0.05, 0.1) is 23.8 Å². The Morgan fingerprint density at radius 3 is 2.36 bits per heavy atom. The molecule has 1 fully saturated rings. The highest BCUT2D eigenvalue weighted by atomic mass is 16.5. The molecule has 2 aromatic carbocycles. The Morgan fingerprint density at radius 1 is 1.03 bits per heavy atom. The van der Waals surface area contributed by atoms with Crippen molar-refractivity contribution in [1.29, 1.82) is 0 Å². The number of ether oxygens (including phenoxy) is 1. The minimum Gasteiger partial charge on any atom is -0.466 e. The molecule has 1 spiro atoms. The topological polar surface area (TPSA) is 84.0 Å². The van der Waals surface area contributed by atoms with Crippen LogP contribution in [0.1, 0.15) is 55.1 Å². The lowest BCUT2D eigenvalue weighted by molar-refractivity contribution is -0.137. The van der Waals surface area contributed by atoms with Crippen LogP contribution >= 0.6 is 0 Å². The Kier molecular flexibility index (Phi) is 5.91. The SMILES string of the molecule is COC(=O)C1=C2N(C(C)=O)c3ccc(C(C)=O)cc3C23CCN(Cc2ccccc2)[C@@H]3[C@@H](C(C)=O)C1. The first-order valence-electron chi connectivity index (χ1n) is 12.3. The van der Waals surface area contributed by atoms with Crippen molar-refractivity contribution in [2.24, 2.45) is 5.92 Å². The lowest BCUT2D eigenvalue weighted by atomic mass is 9.62. The van der Waals surface area contributed by atoms with E-state index in [0.29, 0.717) is 42.0 Å². The van der Waals surface area contributed by atoms with Gasteiger partial charge in [0.1, 0.15) is 5.78 Å². The van der Waals surface area contributed by atoms with Gasteiger partial charge in [-0.15, -0.1) is 0 Å². The van der Waals surface area contributed by atoms with E-state index in [1.165, 1.54) is 21.0 Å². The second-order valence-corrected chi connectivity index (χ2v) is 10.0. The zero-order valence-electron chi connectivity index (χ0n) is 21.0. The highest BCUT2D eigenvalue weighted by molar-refractivity contribution is 6.05. The standard InChI is InChI=1S/C29H30N2O5/c1-17(32)21-10-11-25-24(14-21)29-12-13-30(16-20-8-6-5-7-9-20)26(29)22(18(2)33)15-23(28(35)36-4)27(29)31(25)19(3)34/h5-11,14,22,26H,12-13,15-16H2,1-4H3/t22-,26-,29?/m1/s1. The lowest BCUT2D eigenvalue weighted by Gasteiger charge is -2.45. The van der Waals surface area contributed by atoms with Crippen molar-refractivity contribution in [3.05, 3.63) is 76.5 Å². The van der Waals surface area contributed by atoms with E-state index in [-0.39, 0.29) is 29.9 Å².